The van der Waals surface area contributed by atoms with Crippen LogP contribution in [0, 0.1) is 0 Å². The van der Waals surface area contributed by atoms with Crippen LogP contribution in [0.1, 0.15) is 27.2 Å². The molecule has 1 heterocycles. The quantitative estimate of drug-likeness (QED) is 0.874. The Hall–Kier alpha value is -1.66. The Bertz CT molecular complexity index is 435. The number of hydrogen-bond donors (Lipinski definition) is 1. The van der Waals surface area contributed by atoms with Gasteiger partial charge in [0.05, 0.1) is 12.3 Å². The van der Waals surface area contributed by atoms with Gasteiger partial charge in [-0.15, -0.1) is 0 Å². The van der Waals surface area contributed by atoms with E-state index in [-0.39, 0.29) is 17.7 Å². The van der Waals surface area contributed by atoms with Crippen molar-refractivity contribution in [3.8, 4) is 5.88 Å². The zero-order valence-corrected chi connectivity index (χ0v) is 11.9. The van der Waals surface area contributed by atoms with Crippen molar-refractivity contribution in [2.45, 2.75) is 39.4 Å². The molecule has 0 aliphatic carbocycles. The van der Waals surface area contributed by atoms with Crippen molar-refractivity contribution < 1.29 is 17.9 Å². The van der Waals surface area contributed by atoms with Gasteiger partial charge in [-0.25, -0.2) is 0 Å². The van der Waals surface area contributed by atoms with E-state index in [4.69, 9.17) is 10.5 Å². The highest BCUT2D eigenvalue weighted by molar-refractivity contribution is 5.55. The van der Waals surface area contributed by atoms with Gasteiger partial charge in [0.2, 0.25) is 5.88 Å². The van der Waals surface area contributed by atoms with E-state index in [0.29, 0.717) is 12.3 Å². The second-order valence-electron chi connectivity index (χ2n) is 4.75. The van der Waals surface area contributed by atoms with E-state index in [1.54, 1.807) is 13.8 Å². The lowest BCUT2D eigenvalue weighted by atomic mass is 10.3. The van der Waals surface area contributed by atoms with Gasteiger partial charge in [-0.1, -0.05) is 6.92 Å². The van der Waals surface area contributed by atoms with Gasteiger partial charge < -0.3 is 15.4 Å². The van der Waals surface area contributed by atoms with E-state index < -0.39 is 12.7 Å². The number of nitrogens with two attached hydrogens (primary N) is 1. The second-order valence-corrected chi connectivity index (χ2v) is 4.75. The smallest absolute Gasteiger partial charge is 0.405 e. The fourth-order valence-corrected chi connectivity index (χ4v) is 1.64. The van der Waals surface area contributed by atoms with Crippen LogP contribution < -0.4 is 15.4 Å². The van der Waals surface area contributed by atoms with Crippen molar-refractivity contribution in [3.05, 3.63) is 12.1 Å². The van der Waals surface area contributed by atoms with Crippen molar-refractivity contribution in [3.63, 3.8) is 0 Å². The summed E-state index contributed by atoms with van der Waals surface area (Å²) in [6.07, 6.45) is -3.53. The fraction of sp³-hybridized carbons (Fsp3) is 0.615. The zero-order chi connectivity index (χ0) is 15.3. The molecule has 0 saturated carbocycles. The van der Waals surface area contributed by atoms with Gasteiger partial charge in [0.25, 0.3) is 0 Å². The highest BCUT2D eigenvalue weighted by atomic mass is 19.4. The van der Waals surface area contributed by atoms with Crippen LogP contribution >= 0.6 is 0 Å². The van der Waals surface area contributed by atoms with Crippen molar-refractivity contribution in [1.29, 1.82) is 0 Å². The number of halogens is 3. The minimum Gasteiger partial charge on any atom is -0.476 e. The van der Waals surface area contributed by atoms with Gasteiger partial charge >= 0.3 is 6.18 Å². The standard InChI is InChI=1S/C13H20F3N3O/c1-4-7-20-12-10(17)5-6-11(18-12)19(9(2)3)8-13(14,15)16/h5-6,9H,4,7-8,17H2,1-3H3. The van der Waals surface area contributed by atoms with Crippen molar-refractivity contribution >= 4 is 11.5 Å². The summed E-state index contributed by atoms with van der Waals surface area (Å²) in [5.74, 6) is 0.384. The molecule has 0 aromatic carbocycles. The lowest BCUT2D eigenvalue weighted by Gasteiger charge is -2.29. The van der Waals surface area contributed by atoms with Gasteiger partial charge in [0.1, 0.15) is 12.4 Å². The van der Waals surface area contributed by atoms with E-state index in [2.05, 4.69) is 4.98 Å². The average Bonchev–Trinajstić information content (AvgIpc) is 2.34. The molecule has 7 heteroatoms. The Morgan fingerprint density at radius 1 is 1.35 bits per heavy atom. The summed E-state index contributed by atoms with van der Waals surface area (Å²) in [4.78, 5) is 5.26. The van der Waals surface area contributed by atoms with Gasteiger partial charge in [0.15, 0.2) is 0 Å². The summed E-state index contributed by atoms with van der Waals surface area (Å²) in [6.45, 7) is 4.63. The number of anilines is 2. The van der Waals surface area contributed by atoms with Gasteiger partial charge in [-0.05, 0) is 32.4 Å². The van der Waals surface area contributed by atoms with Crippen LogP contribution in [0.2, 0.25) is 0 Å². The third-order valence-electron chi connectivity index (χ3n) is 2.59. The Labute approximate surface area is 116 Å². The third-order valence-corrected chi connectivity index (χ3v) is 2.59. The molecule has 0 spiro atoms. The maximum Gasteiger partial charge on any atom is 0.405 e. The zero-order valence-electron chi connectivity index (χ0n) is 11.9. The summed E-state index contributed by atoms with van der Waals surface area (Å²) in [7, 11) is 0. The number of pyridine rings is 1. The van der Waals surface area contributed by atoms with Crippen LogP contribution in [0.25, 0.3) is 0 Å². The summed E-state index contributed by atoms with van der Waals surface area (Å²) in [5, 5.41) is 0. The van der Waals surface area contributed by atoms with Crippen LogP contribution in [0.3, 0.4) is 0 Å². The maximum atomic E-state index is 12.6. The molecule has 2 N–H and O–H groups in total. The Balaban J connectivity index is 3.02. The van der Waals surface area contributed by atoms with E-state index in [1.807, 2.05) is 6.92 Å². The molecule has 0 saturated heterocycles. The molecule has 0 unspecified atom stereocenters. The van der Waals surface area contributed by atoms with Gasteiger partial charge in [-0.2, -0.15) is 18.2 Å². The molecule has 1 rings (SSSR count). The molecule has 1 aromatic rings. The second kappa shape index (κ2) is 6.67. The van der Waals surface area contributed by atoms with E-state index in [1.165, 1.54) is 12.1 Å². The lowest BCUT2D eigenvalue weighted by molar-refractivity contribution is -0.120. The molecule has 0 aliphatic heterocycles. The number of hydrogen-bond acceptors (Lipinski definition) is 4. The molecule has 0 amide bonds. The molecule has 20 heavy (non-hydrogen) atoms. The molecule has 0 bridgehead atoms. The Morgan fingerprint density at radius 3 is 2.50 bits per heavy atom. The topological polar surface area (TPSA) is 51.4 Å². The minimum absolute atomic E-state index is 0.178. The first-order chi connectivity index (χ1) is 9.24. The Kier molecular flexibility index (Phi) is 5.47. The lowest BCUT2D eigenvalue weighted by Crippen LogP contribution is -2.39. The monoisotopic (exact) mass is 291 g/mol. The highest BCUT2D eigenvalue weighted by Gasteiger charge is 2.32. The number of aromatic nitrogens is 1. The maximum absolute atomic E-state index is 12.6. The van der Waals surface area contributed by atoms with Crippen molar-refractivity contribution in [2.24, 2.45) is 0 Å². The molecule has 0 fully saturated rings. The minimum atomic E-state index is -4.29. The van der Waals surface area contributed by atoms with E-state index >= 15 is 0 Å². The first-order valence-corrected chi connectivity index (χ1v) is 6.47. The van der Waals surface area contributed by atoms with Crippen LogP contribution in [0.4, 0.5) is 24.7 Å². The molecule has 0 radical (unpaired) electrons. The molecule has 1 aromatic heterocycles. The molecule has 114 valence electrons. The summed E-state index contributed by atoms with van der Waals surface area (Å²) >= 11 is 0. The van der Waals surface area contributed by atoms with E-state index in [9.17, 15) is 13.2 Å². The van der Waals surface area contributed by atoms with Crippen LogP contribution in [0.15, 0.2) is 12.1 Å². The number of nitrogen functional groups attached to an aromatic ring is 1. The van der Waals surface area contributed by atoms with Crippen LogP contribution in [-0.2, 0) is 0 Å². The molecule has 0 atom stereocenters. The molecule has 0 aliphatic rings. The highest BCUT2D eigenvalue weighted by Crippen LogP contribution is 2.27. The predicted octanol–water partition coefficient (Wildman–Crippen LogP) is 3.23. The van der Waals surface area contributed by atoms with Crippen molar-refractivity contribution in [1.82, 2.24) is 4.98 Å². The third kappa shape index (κ3) is 4.79. The van der Waals surface area contributed by atoms with Crippen LogP contribution in [-0.4, -0.2) is 30.4 Å². The predicted molar refractivity (Wildman–Crippen MR) is 73.0 cm³/mol. The number of nitrogens with zero attached hydrogens (tertiary/aromatic N) is 2. The summed E-state index contributed by atoms with van der Waals surface area (Å²) in [6, 6.07) is 2.64. The first kappa shape index (κ1) is 16.4. The fourth-order valence-electron chi connectivity index (χ4n) is 1.64. The Morgan fingerprint density at radius 2 is 2.00 bits per heavy atom. The van der Waals surface area contributed by atoms with Crippen molar-refractivity contribution in [2.75, 3.05) is 23.8 Å². The normalized spacial score (nSPS) is 11.8. The summed E-state index contributed by atoms with van der Waals surface area (Å²) < 4.78 is 43.2. The largest absolute Gasteiger partial charge is 0.476 e. The first-order valence-electron chi connectivity index (χ1n) is 6.47. The number of ether oxygens (including phenoxy) is 1. The SMILES string of the molecule is CCCOc1nc(N(CC(F)(F)F)C(C)C)ccc1N. The molecular formula is C13H20F3N3O. The van der Waals surface area contributed by atoms with E-state index in [0.717, 1.165) is 11.3 Å². The van der Waals surface area contributed by atoms with Gasteiger partial charge in [0, 0.05) is 6.04 Å². The molecular weight excluding hydrogens is 271 g/mol. The summed E-state index contributed by atoms with van der Waals surface area (Å²) in [5.41, 5.74) is 6.02. The number of rotatable bonds is 6. The number of alkyl halides is 3. The van der Waals surface area contributed by atoms with Crippen LogP contribution in [0.5, 0.6) is 5.88 Å². The van der Waals surface area contributed by atoms with Gasteiger partial charge in [-0.3, -0.25) is 0 Å². The molecule has 4 nitrogen and oxygen atoms in total. The average molecular weight is 291 g/mol.